The zero-order chi connectivity index (χ0) is 27.1. The van der Waals surface area contributed by atoms with Crippen LogP contribution in [-0.4, -0.2) is 30.2 Å². The first-order valence-corrected chi connectivity index (χ1v) is 12.8. The van der Waals surface area contributed by atoms with Gasteiger partial charge in [0.1, 0.15) is 22.8 Å². The van der Waals surface area contributed by atoms with Crippen molar-refractivity contribution in [2.24, 2.45) is 0 Å². The normalized spacial score (nSPS) is 13.0. The van der Waals surface area contributed by atoms with Gasteiger partial charge in [-0.1, -0.05) is 18.5 Å². The summed E-state index contributed by atoms with van der Waals surface area (Å²) in [5.74, 6) is -0.481. The number of hydrogen-bond acceptors (Lipinski definition) is 4. The third-order valence-corrected chi connectivity index (χ3v) is 7.60. The van der Waals surface area contributed by atoms with Gasteiger partial charge in [-0.2, -0.15) is 23.2 Å². The van der Waals surface area contributed by atoms with Crippen LogP contribution in [0.1, 0.15) is 25.0 Å². The Balaban J connectivity index is 1.92. The lowest BCUT2D eigenvalue weighted by molar-refractivity contribution is -0.147. The Hall–Kier alpha value is -3.46. The highest BCUT2D eigenvalue weighted by Crippen LogP contribution is 2.37. The summed E-state index contributed by atoms with van der Waals surface area (Å²) < 4.78 is 81.5. The molecule has 4 rings (SSSR count). The molecule has 2 aromatic heterocycles. The lowest BCUT2D eigenvalue weighted by Gasteiger charge is -2.17. The van der Waals surface area contributed by atoms with Gasteiger partial charge in [0.25, 0.3) is 0 Å². The summed E-state index contributed by atoms with van der Waals surface area (Å²) in [5, 5.41) is 10.8. The van der Waals surface area contributed by atoms with Crippen LogP contribution in [0, 0.1) is 17.1 Å². The van der Waals surface area contributed by atoms with Crippen molar-refractivity contribution in [2.45, 2.75) is 37.4 Å². The highest BCUT2D eigenvalue weighted by atomic mass is 35.5. The molecule has 0 fully saturated rings. The number of fused-ring (bicyclic) bond motifs is 1. The molecular formula is C25H19ClF4N4O2S. The van der Waals surface area contributed by atoms with Crippen LogP contribution in [0.4, 0.5) is 17.6 Å². The van der Waals surface area contributed by atoms with Gasteiger partial charge in [-0.05, 0) is 67.4 Å². The molecule has 0 spiro atoms. The minimum Gasteiger partial charge on any atom is -0.307 e. The topological polar surface area (TPSA) is 87.8 Å². The number of aryl methyl sites for hydroxylation is 1. The highest BCUT2D eigenvalue weighted by Gasteiger charge is 2.39. The van der Waals surface area contributed by atoms with E-state index < -0.39 is 33.0 Å². The number of hydrogen-bond donors (Lipinski definition) is 1. The molecule has 4 aromatic rings. The molecule has 192 valence electrons. The lowest BCUT2D eigenvalue weighted by atomic mass is 10.1. The van der Waals surface area contributed by atoms with Crippen molar-refractivity contribution in [2.75, 3.05) is 0 Å². The molecule has 0 saturated heterocycles. The number of nitrogens with zero attached hydrogens (tertiary/aromatic N) is 3. The quantitative estimate of drug-likeness (QED) is 0.292. The molecule has 0 amide bonds. The minimum atomic E-state index is -4.77. The van der Waals surface area contributed by atoms with Crippen molar-refractivity contribution in [1.82, 2.24) is 14.3 Å². The van der Waals surface area contributed by atoms with Crippen LogP contribution in [0.3, 0.4) is 0 Å². The van der Waals surface area contributed by atoms with Crippen LogP contribution in [0.5, 0.6) is 0 Å². The van der Waals surface area contributed by atoms with E-state index in [1.807, 2.05) is 0 Å². The van der Waals surface area contributed by atoms with E-state index in [-0.39, 0.29) is 17.0 Å². The Morgan fingerprint density at radius 2 is 1.84 bits per heavy atom. The standard InChI is InChI=1S/C25H19ClF4N4O2S/c1-3-15-10-23-19(11-21(15)27)20(12-31)24(34(23)17-6-4-16(26)5-7-17)22-9-8-18(13-32-22)37(35,36)33-14(2)25(28,29)30/h4-11,13-14,33H,3H2,1-2H3/t14-/m0/s1. The second kappa shape index (κ2) is 9.78. The SMILES string of the molecule is CCc1cc2c(cc1F)c(C#N)c(-c1ccc(S(=O)(=O)N[C@@H](C)C(F)(F)F)cn1)n2-c1ccc(Cl)cc1. The summed E-state index contributed by atoms with van der Waals surface area (Å²) in [5.41, 5.74) is 2.04. The second-order valence-electron chi connectivity index (χ2n) is 8.23. The van der Waals surface area contributed by atoms with E-state index in [0.717, 1.165) is 12.3 Å². The Labute approximate surface area is 215 Å². The van der Waals surface area contributed by atoms with Crippen molar-refractivity contribution in [3.63, 3.8) is 0 Å². The van der Waals surface area contributed by atoms with Gasteiger partial charge in [0.15, 0.2) is 0 Å². The molecule has 0 radical (unpaired) electrons. The molecule has 37 heavy (non-hydrogen) atoms. The molecule has 0 unspecified atom stereocenters. The number of benzene rings is 2. The van der Waals surface area contributed by atoms with Crippen LogP contribution < -0.4 is 4.72 Å². The molecule has 1 N–H and O–H groups in total. The van der Waals surface area contributed by atoms with Crippen molar-refractivity contribution in [3.05, 3.63) is 76.7 Å². The summed E-state index contributed by atoms with van der Waals surface area (Å²) in [6.07, 6.45) is -3.46. The monoisotopic (exact) mass is 550 g/mol. The Morgan fingerprint density at radius 3 is 2.38 bits per heavy atom. The van der Waals surface area contributed by atoms with E-state index in [1.165, 1.54) is 12.1 Å². The molecule has 0 aliphatic carbocycles. The van der Waals surface area contributed by atoms with Crippen LogP contribution in [0.2, 0.25) is 5.02 Å². The summed E-state index contributed by atoms with van der Waals surface area (Å²) in [4.78, 5) is 3.68. The molecule has 2 aromatic carbocycles. The predicted molar refractivity (Wildman–Crippen MR) is 131 cm³/mol. The van der Waals surface area contributed by atoms with Gasteiger partial charge in [0, 0.05) is 22.3 Å². The number of rotatable bonds is 6. The fourth-order valence-corrected chi connectivity index (χ4v) is 5.18. The Bertz CT molecular complexity index is 1630. The molecule has 0 bridgehead atoms. The number of halogens is 5. The molecule has 1 atom stereocenters. The number of alkyl halides is 3. The fourth-order valence-electron chi connectivity index (χ4n) is 3.88. The smallest absolute Gasteiger partial charge is 0.307 e. The van der Waals surface area contributed by atoms with E-state index in [9.17, 15) is 31.2 Å². The third-order valence-electron chi connectivity index (χ3n) is 5.83. The average Bonchev–Trinajstić information content (AvgIpc) is 3.16. The van der Waals surface area contributed by atoms with Gasteiger partial charge in [-0.25, -0.2) is 12.8 Å². The lowest BCUT2D eigenvalue weighted by Crippen LogP contribution is -2.42. The molecule has 6 nitrogen and oxygen atoms in total. The van der Waals surface area contributed by atoms with Crippen molar-refractivity contribution in [3.8, 4) is 23.1 Å². The maximum atomic E-state index is 14.7. The van der Waals surface area contributed by atoms with Crippen LogP contribution >= 0.6 is 11.6 Å². The van der Waals surface area contributed by atoms with Crippen molar-refractivity contribution >= 4 is 32.5 Å². The molecule has 0 aliphatic rings. The maximum absolute atomic E-state index is 14.7. The Kier molecular flexibility index (Phi) is 7.03. The summed E-state index contributed by atoms with van der Waals surface area (Å²) in [7, 11) is -4.53. The first kappa shape index (κ1) is 26.6. The van der Waals surface area contributed by atoms with Crippen molar-refractivity contribution < 1.29 is 26.0 Å². The van der Waals surface area contributed by atoms with Crippen LogP contribution in [-0.2, 0) is 16.4 Å². The molecule has 12 heteroatoms. The Morgan fingerprint density at radius 1 is 1.16 bits per heavy atom. The largest absolute Gasteiger partial charge is 0.404 e. The van der Waals surface area contributed by atoms with Gasteiger partial charge in [0.05, 0.1) is 22.5 Å². The molecular weight excluding hydrogens is 532 g/mol. The summed E-state index contributed by atoms with van der Waals surface area (Å²) in [6.45, 7) is 2.48. The van der Waals surface area contributed by atoms with Gasteiger partial charge in [-0.3, -0.25) is 4.98 Å². The molecule has 0 saturated carbocycles. The second-order valence-corrected chi connectivity index (χ2v) is 10.4. The summed E-state index contributed by atoms with van der Waals surface area (Å²) in [6, 6.07) is 11.7. The van der Waals surface area contributed by atoms with E-state index in [2.05, 4.69) is 11.1 Å². The number of pyridine rings is 1. The molecule has 2 heterocycles. The van der Waals surface area contributed by atoms with Gasteiger partial charge in [0.2, 0.25) is 10.0 Å². The highest BCUT2D eigenvalue weighted by molar-refractivity contribution is 7.89. The van der Waals surface area contributed by atoms with Crippen LogP contribution in [0.25, 0.3) is 28.0 Å². The van der Waals surface area contributed by atoms with Gasteiger partial charge in [-0.15, -0.1) is 0 Å². The van der Waals surface area contributed by atoms with Gasteiger partial charge >= 0.3 is 6.18 Å². The van der Waals surface area contributed by atoms with Crippen LogP contribution in [0.15, 0.2) is 59.6 Å². The number of nitrogens with one attached hydrogen (secondary N) is 1. The van der Waals surface area contributed by atoms with E-state index in [4.69, 9.17) is 11.6 Å². The van der Waals surface area contributed by atoms with E-state index >= 15 is 0 Å². The minimum absolute atomic E-state index is 0.0958. The fraction of sp³-hybridized carbons (Fsp3) is 0.200. The zero-order valence-electron chi connectivity index (χ0n) is 19.4. The maximum Gasteiger partial charge on any atom is 0.404 e. The predicted octanol–water partition coefficient (Wildman–Crippen LogP) is 6.15. The van der Waals surface area contributed by atoms with Crippen molar-refractivity contribution in [1.29, 1.82) is 5.26 Å². The zero-order valence-corrected chi connectivity index (χ0v) is 21.0. The number of sulfonamides is 1. The first-order valence-electron chi connectivity index (χ1n) is 11.0. The number of nitriles is 1. The van der Waals surface area contributed by atoms with E-state index in [1.54, 1.807) is 46.5 Å². The van der Waals surface area contributed by atoms with Gasteiger partial charge < -0.3 is 4.57 Å². The third kappa shape index (κ3) is 5.05. The average molecular weight is 551 g/mol. The summed E-state index contributed by atoms with van der Waals surface area (Å²) >= 11 is 6.04. The molecule has 0 aliphatic heterocycles. The van der Waals surface area contributed by atoms with E-state index in [0.29, 0.717) is 40.5 Å². The number of aromatic nitrogens is 2. The first-order chi connectivity index (χ1) is 17.4.